The molecule has 0 radical (unpaired) electrons. The smallest absolute Gasteiger partial charge is 0.387 e. The van der Waals surface area contributed by atoms with Gasteiger partial charge in [0.05, 0.1) is 0 Å². The highest BCUT2D eigenvalue weighted by molar-refractivity contribution is 8.03. The Hall–Kier alpha value is -1.82. The van der Waals surface area contributed by atoms with E-state index < -0.39 is 6.61 Å². The average Bonchev–Trinajstić information content (AvgIpc) is 3.01. The van der Waals surface area contributed by atoms with Gasteiger partial charge in [-0.1, -0.05) is 12.1 Å². The maximum Gasteiger partial charge on any atom is 0.387 e. The summed E-state index contributed by atoms with van der Waals surface area (Å²) in [6, 6.07) is 6.70. The number of dihydropyridines is 1. The molecule has 126 valence electrons. The predicted molar refractivity (Wildman–Crippen MR) is 88.9 cm³/mol. The Labute approximate surface area is 143 Å². The third-order valence-corrected chi connectivity index (χ3v) is 5.86. The SMILES string of the molecule is O=C1CCCC2=C1C(c1ccc(OC(F)F)cc1)C1=C(CCS1)N2. The zero-order valence-corrected chi connectivity index (χ0v) is 13.8. The lowest BCUT2D eigenvalue weighted by atomic mass is 9.79. The number of allylic oxidation sites excluding steroid dienone is 4. The number of Topliss-reactive ketones (excluding diaryl/α,β-unsaturated/α-hetero) is 1. The van der Waals surface area contributed by atoms with Crippen molar-refractivity contribution >= 4 is 17.5 Å². The molecule has 0 spiro atoms. The molecule has 3 aliphatic rings. The molecule has 0 saturated carbocycles. The van der Waals surface area contributed by atoms with Crippen LogP contribution in [0.4, 0.5) is 8.78 Å². The summed E-state index contributed by atoms with van der Waals surface area (Å²) in [5.41, 5.74) is 4.08. The number of halogens is 2. The molecule has 6 heteroatoms. The summed E-state index contributed by atoms with van der Waals surface area (Å²) < 4.78 is 29.1. The second-order valence-corrected chi connectivity index (χ2v) is 7.25. The highest BCUT2D eigenvalue weighted by Gasteiger charge is 2.38. The molecular weight excluding hydrogens is 332 g/mol. The zero-order chi connectivity index (χ0) is 16.7. The summed E-state index contributed by atoms with van der Waals surface area (Å²) in [6.07, 6.45) is 3.34. The molecule has 1 unspecified atom stereocenters. The molecule has 1 atom stereocenters. The van der Waals surface area contributed by atoms with Gasteiger partial charge in [0.15, 0.2) is 5.78 Å². The lowest BCUT2D eigenvalue weighted by molar-refractivity contribution is -0.116. The van der Waals surface area contributed by atoms with Crippen LogP contribution < -0.4 is 10.1 Å². The molecule has 24 heavy (non-hydrogen) atoms. The summed E-state index contributed by atoms with van der Waals surface area (Å²) in [5, 5.41) is 3.48. The molecule has 1 aromatic carbocycles. The van der Waals surface area contributed by atoms with Crippen LogP contribution in [0.3, 0.4) is 0 Å². The first-order valence-corrected chi connectivity index (χ1v) is 9.06. The number of rotatable bonds is 3. The van der Waals surface area contributed by atoms with Crippen LogP contribution in [-0.2, 0) is 4.79 Å². The molecule has 2 heterocycles. The van der Waals surface area contributed by atoms with Crippen LogP contribution >= 0.6 is 11.8 Å². The van der Waals surface area contributed by atoms with Crippen LogP contribution in [0.25, 0.3) is 0 Å². The molecule has 1 aromatic rings. The second-order valence-electron chi connectivity index (χ2n) is 6.12. The summed E-state index contributed by atoms with van der Waals surface area (Å²) in [5.74, 6) is 1.27. The summed E-state index contributed by atoms with van der Waals surface area (Å²) >= 11 is 1.78. The van der Waals surface area contributed by atoms with Crippen LogP contribution in [-0.4, -0.2) is 18.1 Å². The summed E-state index contributed by atoms with van der Waals surface area (Å²) in [7, 11) is 0. The molecular formula is C18H17F2NO2S. The van der Waals surface area contributed by atoms with Crippen LogP contribution in [0.5, 0.6) is 5.75 Å². The van der Waals surface area contributed by atoms with E-state index in [2.05, 4.69) is 10.1 Å². The van der Waals surface area contributed by atoms with Gasteiger partial charge in [0.25, 0.3) is 0 Å². The number of hydrogen-bond donors (Lipinski definition) is 1. The molecule has 0 bridgehead atoms. The van der Waals surface area contributed by atoms with Crippen molar-refractivity contribution < 1.29 is 18.3 Å². The average molecular weight is 349 g/mol. The molecule has 1 aliphatic carbocycles. The van der Waals surface area contributed by atoms with Gasteiger partial charge in [-0.2, -0.15) is 8.78 Å². The third kappa shape index (κ3) is 2.73. The van der Waals surface area contributed by atoms with E-state index in [1.807, 2.05) is 0 Å². The fraction of sp³-hybridized carbons (Fsp3) is 0.389. The molecule has 0 fully saturated rings. The van der Waals surface area contributed by atoms with Crippen molar-refractivity contribution in [1.82, 2.24) is 5.32 Å². The minimum absolute atomic E-state index is 0.0721. The van der Waals surface area contributed by atoms with E-state index in [9.17, 15) is 13.6 Å². The Balaban J connectivity index is 1.73. The maximum atomic E-state index is 12.6. The second kappa shape index (κ2) is 6.24. The molecule has 4 rings (SSSR count). The van der Waals surface area contributed by atoms with Gasteiger partial charge in [0.2, 0.25) is 0 Å². The fourth-order valence-corrected chi connectivity index (χ4v) is 4.93. The minimum Gasteiger partial charge on any atom is -0.435 e. The number of carbonyl (C=O) groups excluding carboxylic acids is 1. The first-order chi connectivity index (χ1) is 11.6. The Morgan fingerprint density at radius 3 is 2.67 bits per heavy atom. The van der Waals surface area contributed by atoms with Crippen LogP contribution in [0, 0.1) is 0 Å². The maximum absolute atomic E-state index is 12.6. The monoisotopic (exact) mass is 349 g/mol. The van der Waals surface area contributed by atoms with Crippen molar-refractivity contribution in [3.63, 3.8) is 0 Å². The van der Waals surface area contributed by atoms with Gasteiger partial charge >= 0.3 is 6.61 Å². The first kappa shape index (κ1) is 15.7. The lowest BCUT2D eigenvalue weighted by Crippen LogP contribution is -2.30. The Morgan fingerprint density at radius 2 is 1.92 bits per heavy atom. The van der Waals surface area contributed by atoms with Gasteiger partial charge in [0.1, 0.15) is 5.75 Å². The quantitative estimate of drug-likeness (QED) is 0.881. The molecule has 0 aromatic heterocycles. The number of alkyl halides is 2. The lowest BCUT2D eigenvalue weighted by Gasteiger charge is -2.33. The normalized spacial score (nSPS) is 23.3. The fourth-order valence-electron chi connectivity index (χ4n) is 3.66. The predicted octanol–water partition coefficient (Wildman–Crippen LogP) is 4.33. The molecule has 2 aliphatic heterocycles. The number of nitrogens with one attached hydrogen (secondary N) is 1. The van der Waals surface area contributed by atoms with E-state index in [1.54, 1.807) is 36.0 Å². The van der Waals surface area contributed by atoms with Gasteiger partial charge in [-0.3, -0.25) is 4.79 Å². The van der Waals surface area contributed by atoms with Gasteiger partial charge in [-0.05, 0) is 37.0 Å². The minimum atomic E-state index is -2.83. The van der Waals surface area contributed by atoms with E-state index in [4.69, 9.17) is 0 Å². The highest BCUT2D eigenvalue weighted by atomic mass is 32.2. The number of carbonyl (C=O) groups is 1. The number of hydrogen-bond acceptors (Lipinski definition) is 4. The van der Waals surface area contributed by atoms with E-state index in [1.165, 1.54) is 10.6 Å². The largest absolute Gasteiger partial charge is 0.435 e. The van der Waals surface area contributed by atoms with E-state index in [-0.39, 0.29) is 17.5 Å². The van der Waals surface area contributed by atoms with E-state index in [0.717, 1.165) is 41.8 Å². The van der Waals surface area contributed by atoms with Crippen molar-refractivity contribution in [2.24, 2.45) is 0 Å². The van der Waals surface area contributed by atoms with Crippen LogP contribution in [0.2, 0.25) is 0 Å². The Kier molecular flexibility index (Phi) is 4.08. The number of thioether (sulfide) groups is 1. The van der Waals surface area contributed by atoms with Crippen molar-refractivity contribution in [3.05, 3.63) is 51.7 Å². The molecule has 3 nitrogen and oxygen atoms in total. The van der Waals surface area contributed by atoms with E-state index in [0.29, 0.717) is 6.42 Å². The van der Waals surface area contributed by atoms with E-state index >= 15 is 0 Å². The number of ether oxygens (including phenoxy) is 1. The van der Waals surface area contributed by atoms with Crippen molar-refractivity contribution in [2.45, 2.75) is 38.2 Å². The number of benzene rings is 1. The topological polar surface area (TPSA) is 38.3 Å². The van der Waals surface area contributed by atoms with Gasteiger partial charge in [0, 0.05) is 40.0 Å². The van der Waals surface area contributed by atoms with Crippen LogP contribution in [0.15, 0.2) is 46.1 Å². The molecule has 0 amide bonds. The summed E-state index contributed by atoms with van der Waals surface area (Å²) in [4.78, 5) is 13.8. The standard InChI is InChI=1S/C18H17F2NO2S/c19-18(20)23-11-6-4-10(5-7-11)15-16-12(2-1-3-14(16)22)21-13-8-9-24-17(13)15/h4-7,15,18,21H,1-3,8-9H2. The zero-order valence-electron chi connectivity index (χ0n) is 13.0. The van der Waals surface area contributed by atoms with Gasteiger partial charge < -0.3 is 10.1 Å². The molecule has 1 N–H and O–H groups in total. The first-order valence-electron chi connectivity index (χ1n) is 8.07. The Bertz CT molecular complexity index is 740. The van der Waals surface area contributed by atoms with Crippen LogP contribution in [0.1, 0.15) is 37.2 Å². The van der Waals surface area contributed by atoms with Crippen molar-refractivity contribution in [2.75, 3.05) is 5.75 Å². The van der Waals surface area contributed by atoms with Gasteiger partial charge in [-0.15, -0.1) is 11.8 Å². The van der Waals surface area contributed by atoms with Crippen molar-refractivity contribution in [1.29, 1.82) is 0 Å². The number of ketones is 1. The Morgan fingerprint density at radius 1 is 1.12 bits per heavy atom. The highest BCUT2D eigenvalue weighted by Crippen LogP contribution is 2.50. The third-order valence-electron chi connectivity index (χ3n) is 4.65. The summed E-state index contributed by atoms with van der Waals surface area (Å²) in [6.45, 7) is -2.83. The molecule has 0 saturated heterocycles. The van der Waals surface area contributed by atoms with Crippen molar-refractivity contribution in [3.8, 4) is 5.75 Å². The van der Waals surface area contributed by atoms with Gasteiger partial charge in [-0.25, -0.2) is 0 Å².